The van der Waals surface area contributed by atoms with Crippen LogP contribution in [0.2, 0.25) is 0 Å². The van der Waals surface area contributed by atoms with E-state index in [9.17, 15) is 18.3 Å². The van der Waals surface area contributed by atoms with Gasteiger partial charge in [-0.2, -0.15) is 13.2 Å². The van der Waals surface area contributed by atoms with Gasteiger partial charge in [-0.25, -0.2) is 0 Å². The number of phenolic OH excluding ortho intramolecular Hbond substituents is 1. The Morgan fingerprint density at radius 2 is 1.60 bits per heavy atom. The van der Waals surface area contributed by atoms with Gasteiger partial charge in [0.25, 0.3) is 0 Å². The van der Waals surface area contributed by atoms with Crippen molar-refractivity contribution in [1.82, 2.24) is 0 Å². The Hall–Kier alpha value is -1.71. The predicted molar refractivity (Wildman–Crippen MR) is 50.6 cm³/mol. The summed E-state index contributed by atoms with van der Waals surface area (Å²) in [5, 5.41) is 10.3. The SMILES string of the molecule is Oc1c(C(F)(F)F)ccc2ccccc12. The number of halogens is 3. The molecule has 0 aliphatic carbocycles. The Kier molecular flexibility index (Phi) is 2.07. The van der Waals surface area contributed by atoms with Crippen LogP contribution in [0.4, 0.5) is 13.2 Å². The Balaban J connectivity index is 2.76. The lowest BCUT2D eigenvalue weighted by Crippen LogP contribution is -2.05. The van der Waals surface area contributed by atoms with Crippen molar-refractivity contribution in [2.45, 2.75) is 6.18 Å². The van der Waals surface area contributed by atoms with Gasteiger partial charge < -0.3 is 5.11 Å². The van der Waals surface area contributed by atoms with Crippen LogP contribution in [-0.4, -0.2) is 5.11 Å². The lowest BCUT2D eigenvalue weighted by molar-refractivity contribution is -0.138. The van der Waals surface area contributed by atoms with Crippen LogP contribution >= 0.6 is 0 Å². The zero-order valence-electron chi connectivity index (χ0n) is 7.55. The van der Waals surface area contributed by atoms with Gasteiger partial charge in [0, 0.05) is 5.39 Å². The molecule has 0 atom stereocenters. The summed E-state index contributed by atoms with van der Waals surface area (Å²) in [4.78, 5) is 0. The normalized spacial score (nSPS) is 11.9. The van der Waals surface area contributed by atoms with Crippen LogP contribution in [-0.2, 0) is 6.18 Å². The molecule has 2 aromatic carbocycles. The third kappa shape index (κ3) is 1.63. The molecule has 0 amide bonds. The third-order valence-corrected chi connectivity index (χ3v) is 2.21. The zero-order valence-corrected chi connectivity index (χ0v) is 7.55. The third-order valence-electron chi connectivity index (χ3n) is 2.21. The van der Waals surface area contributed by atoms with E-state index in [2.05, 4.69) is 0 Å². The molecule has 4 heteroatoms. The Labute approximate surface area is 83.8 Å². The number of alkyl halides is 3. The van der Waals surface area contributed by atoms with Crippen molar-refractivity contribution in [3.63, 3.8) is 0 Å². The van der Waals surface area contributed by atoms with Crippen molar-refractivity contribution in [2.24, 2.45) is 0 Å². The van der Waals surface area contributed by atoms with Gasteiger partial charge in [-0.1, -0.05) is 30.3 Å². The minimum absolute atomic E-state index is 0.215. The Bertz CT molecular complexity index is 503. The highest BCUT2D eigenvalue weighted by Crippen LogP contribution is 2.39. The molecule has 0 bridgehead atoms. The first-order valence-electron chi connectivity index (χ1n) is 4.28. The highest BCUT2D eigenvalue weighted by Gasteiger charge is 2.34. The maximum absolute atomic E-state index is 12.4. The number of benzene rings is 2. The van der Waals surface area contributed by atoms with Crippen molar-refractivity contribution in [1.29, 1.82) is 0 Å². The van der Waals surface area contributed by atoms with E-state index in [1.54, 1.807) is 18.2 Å². The average Bonchev–Trinajstić information content (AvgIpc) is 2.16. The van der Waals surface area contributed by atoms with Crippen LogP contribution < -0.4 is 0 Å². The molecule has 2 rings (SSSR count). The zero-order chi connectivity index (χ0) is 11.1. The van der Waals surface area contributed by atoms with E-state index < -0.39 is 17.5 Å². The first-order valence-corrected chi connectivity index (χ1v) is 4.28. The van der Waals surface area contributed by atoms with E-state index in [1.807, 2.05) is 0 Å². The Morgan fingerprint density at radius 1 is 0.933 bits per heavy atom. The van der Waals surface area contributed by atoms with Gasteiger partial charge >= 0.3 is 6.18 Å². The highest BCUT2D eigenvalue weighted by atomic mass is 19.4. The summed E-state index contributed by atoms with van der Waals surface area (Å²) >= 11 is 0. The number of phenols is 1. The summed E-state index contributed by atoms with van der Waals surface area (Å²) in [6.45, 7) is 0. The Morgan fingerprint density at radius 3 is 2.27 bits per heavy atom. The predicted octanol–water partition coefficient (Wildman–Crippen LogP) is 3.56. The maximum atomic E-state index is 12.4. The van der Waals surface area contributed by atoms with E-state index >= 15 is 0 Å². The summed E-state index contributed by atoms with van der Waals surface area (Å²) < 4.78 is 37.2. The summed E-state index contributed by atoms with van der Waals surface area (Å²) in [5.74, 6) is -0.708. The largest absolute Gasteiger partial charge is 0.507 e. The smallest absolute Gasteiger partial charge is 0.419 e. The second-order valence-corrected chi connectivity index (χ2v) is 3.18. The van der Waals surface area contributed by atoms with Gasteiger partial charge in [0.05, 0.1) is 5.56 Å². The van der Waals surface area contributed by atoms with Crippen molar-refractivity contribution in [3.8, 4) is 5.75 Å². The topological polar surface area (TPSA) is 20.2 Å². The van der Waals surface area contributed by atoms with Crippen LogP contribution in [0.15, 0.2) is 36.4 Å². The molecule has 0 spiro atoms. The molecule has 1 N–H and O–H groups in total. The second-order valence-electron chi connectivity index (χ2n) is 3.18. The molecule has 0 unspecified atom stereocenters. The monoisotopic (exact) mass is 212 g/mol. The molecule has 0 aliphatic rings. The van der Waals surface area contributed by atoms with Crippen LogP contribution in [0.3, 0.4) is 0 Å². The van der Waals surface area contributed by atoms with Gasteiger partial charge in [-0.05, 0) is 11.5 Å². The molecular formula is C11H7F3O. The molecule has 1 nitrogen and oxygen atoms in total. The van der Waals surface area contributed by atoms with Crippen LogP contribution in [0.1, 0.15) is 5.56 Å². The van der Waals surface area contributed by atoms with E-state index in [-0.39, 0.29) is 5.39 Å². The summed E-state index contributed by atoms with van der Waals surface area (Å²) in [6, 6.07) is 8.63. The van der Waals surface area contributed by atoms with Crippen molar-refractivity contribution in [3.05, 3.63) is 42.0 Å². The number of aromatic hydroxyl groups is 1. The lowest BCUT2D eigenvalue weighted by Gasteiger charge is -2.10. The fraction of sp³-hybridized carbons (Fsp3) is 0.0909. The van der Waals surface area contributed by atoms with Crippen LogP contribution in [0, 0.1) is 0 Å². The average molecular weight is 212 g/mol. The first kappa shape index (κ1) is 9.83. The van der Waals surface area contributed by atoms with Crippen molar-refractivity contribution in [2.75, 3.05) is 0 Å². The molecule has 2 aromatic rings. The minimum Gasteiger partial charge on any atom is -0.507 e. The van der Waals surface area contributed by atoms with Crippen molar-refractivity contribution < 1.29 is 18.3 Å². The van der Waals surface area contributed by atoms with Gasteiger partial charge in [-0.3, -0.25) is 0 Å². The molecule has 0 saturated heterocycles. The van der Waals surface area contributed by atoms with Crippen molar-refractivity contribution >= 4 is 10.8 Å². The standard InChI is InChI=1S/C11H7F3O/c12-11(13,14)9-6-5-7-3-1-2-4-8(7)10(9)15/h1-6,15H. The molecule has 78 valence electrons. The second kappa shape index (κ2) is 3.15. The summed E-state index contributed by atoms with van der Waals surface area (Å²) in [5.41, 5.74) is -0.999. The van der Waals surface area contributed by atoms with Gasteiger partial charge in [0.15, 0.2) is 0 Å². The molecule has 0 heterocycles. The van der Waals surface area contributed by atoms with Gasteiger partial charge in [-0.15, -0.1) is 0 Å². The molecule has 0 aromatic heterocycles. The number of fused-ring (bicyclic) bond motifs is 1. The molecule has 15 heavy (non-hydrogen) atoms. The van der Waals surface area contributed by atoms with Gasteiger partial charge in [0.1, 0.15) is 5.75 Å². The van der Waals surface area contributed by atoms with Gasteiger partial charge in [0.2, 0.25) is 0 Å². The highest BCUT2D eigenvalue weighted by molar-refractivity contribution is 5.89. The molecule has 0 radical (unpaired) electrons. The van der Waals surface area contributed by atoms with Crippen LogP contribution in [0.25, 0.3) is 10.8 Å². The lowest BCUT2D eigenvalue weighted by atomic mass is 10.1. The van der Waals surface area contributed by atoms with E-state index in [4.69, 9.17) is 0 Å². The van der Waals surface area contributed by atoms with E-state index in [1.165, 1.54) is 12.1 Å². The minimum atomic E-state index is -4.52. The molecule has 0 fully saturated rings. The molecular weight excluding hydrogens is 205 g/mol. The van der Waals surface area contributed by atoms with E-state index in [0.717, 1.165) is 6.07 Å². The first-order chi connectivity index (χ1) is 7.00. The number of hydrogen-bond donors (Lipinski definition) is 1. The fourth-order valence-electron chi connectivity index (χ4n) is 1.48. The number of rotatable bonds is 0. The quantitative estimate of drug-likeness (QED) is 0.707. The fourth-order valence-corrected chi connectivity index (χ4v) is 1.48. The van der Waals surface area contributed by atoms with E-state index in [0.29, 0.717) is 5.39 Å². The number of hydrogen-bond acceptors (Lipinski definition) is 1. The maximum Gasteiger partial charge on any atom is 0.419 e. The molecule has 0 aliphatic heterocycles. The molecule has 0 saturated carbocycles. The van der Waals surface area contributed by atoms with Crippen LogP contribution in [0.5, 0.6) is 5.75 Å². The summed E-state index contributed by atoms with van der Waals surface area (Å²) in [7, 11) is 0. The summed E-state index contributed by atoms with van der Waals surface area (Å²) in [6.07, 6.45) is -4.52.